The standard InChI is InChI=1S/C6H6BrNO2S/c1-3-4(7)5(11-8-3)6(9)10-2/h1-2H3. The van der Waals surface area contributed by atoms with Crippen LogP contribution in [0.1, 0.15) is 15.4 Å². The highest BCUT2D eigenvalue weighted by Gasteiger charge is 2.15. The summed E-state index contributed by atoms with van der Waals surface area (Å²) in [4.78, 5) is 11.5. The molecule has 1 aromatic heterocycles. The van der Waals surface area contributed by atoms with E-state index in [0.29, 0.717) is 4.88 Å². The molecule has 0 bridgehead atoms. The monoisotopic (exact) mass is 235 g/mol. The van der Waals surface area contributed by atoms with E-state index < -0.39 is 0 Å². The first-order valence-corrected chi connectivity index (χ1v) is 4.43. The third-order valence-electron chi connectivity index (χ3n) is 1.16. The molecule has 0 spiro atoms. The number of nitrogens with zero attached hydrogens (tertiary/aromatic N) is 1. The van der Waals surface area contributed by atoms with Gasteiger partial charge >= 0.3 is 5.97 Å². The number of aryl methyl sites for hydroxylation is 1. The van der Waals surface area contributed by atoms with E-state index >= 15 is 0 Å². The quantitative estimate of drug-likeness (QED) is 0.700. The molecule has 0 aliphatic carbocycles. The Bertz CT molecular complexity index is 284. The lowest BCUT2D eigenvalue weighted by Crippen LogP contribution is -1.98. The summed E-state index contributed by atoms with van der Waals surface area (Å²) >= 11 is 4.38. The summed E-state index contributed by atoms with van der Waals surface area (Å²) in [6.45, 7) is 1.83. The molecule has 0 unspecified atom stereocenters. The fourth-order valence-electron chi connectivity index (χ4n) is 0.578. The van der Waals surface area contributed by atoms with Gasteiger partial charge in [0.25, 0.3) is 0 Å². The Balaban J connectivity index is 3.04. The van der Waals surface area contributed by atoms with Crippen molar-refractivity contribution in [1.29, 1.82) is 0 Å². The number of carbonyl (C=O) groups excluding carboxylic acids is 1. The van der Waals surface area contributed by atoms with Crippen LogP contribution >= 0.6 is 27.5 Å². The average Bonchev–Trinajstić information content (AvgIpc) is 2.32. The predicted octanol–water partition coefficient (Wildman–Crippen LogP) is 2.00. The molecule has 5 heteroatoms. The molecule has 1 heterocycles. The molecule has 60 valence electrons. The Morgan fingerprint density at radius 2 is 2.36 bits per heavy atom. The van der Waals surface area contributed by atoms with Crippen LogP contribution < -0.4 is 0 Å². The average molecular weight is 236 g/mol. The Kier molecular flexibility index (Phi) is 2.62. The summed E-state index contributed by atoms with van der Waals surface area (Å²) in [5.74, 6) is -0.345. The molecule has 1 rings (SSSR count). The molecule has 1 aromatic rings. The normalized spacial score (nSPS) is 9.73. The van der Waals surface area contributed by atoms with Gasteiger partial charge in [-0.1, -0.05) is 0 Å². The Hall–Kier alpha value is -0.420. The van der Waals surface area contributed by atoms with Gasteiger partial charge < -0.3 is 4.74 Å². The van der Waals surface area contributed by atoms with E-state index in [-0.39, 0.29) is 5.97 Å². The zero-order chi connectivity index (χ0) is 8.43. The summed E-state index contributed by atoms with van der Waals surface area (Å²) in [6.07, 6.45) is 0. The number of methoxy groups -OCH3 is 1. The molecule has 3 nitrogen and oxygen atoms in total. The van der Waals surface area contributed by atoms with Gasteiger partial charge in [0.05, 0.1) is 17.3 Å². The van der Waals surface area contributed by atoms with Crippen molar-refractivity contribution in [2.45, 2.75) is 6.92 Å². The fraction of sp³-hybridized carbons (Fsp3) is 0.333. The van der Waals surface area contributed by atoms with Crippen LogP contribution in [-0.4, -0.2) is 17.5 Å². The zero-order valence-electron chi connectivity index (χ0n) is 6.05. The Morgan fingerprint density at radius 3 is 2.73 bits per heavy atom. The SMILES string of the molecule is COC(=O)c1snc(C)c1Br. The lowest BCUT2D eigenvalue weighted by atomic mass is 10.4. The van der Waals surface area contributed by atoms with E-state index in [2.05, 4.69) is 25.0 Å². The molecular weight excluding hydrogens is 230 g/mol. The minimum atomic E-state index is -0.345. The van der Waals surface area contributed by atoms with E-state index in [9.17, 15) is 4.79 Å². The van der Waals surface area contributed by atoms with Crippen LogP contribution in [0.3, 0.4) is 0 Å². The Morgan fingerprint density at radius 1 is 1.73 bits per heavy atom. The van der Waals surface area contributed by atoms with Crippen LogP contribution in [0.25, 0.3) is 0 Å². The number of aromatic nitrogens is 1. The number of hydrogen-bond donors (Lipinski definition) is 0. The third-order valence-corrected chi connectivity index (χ3v) is 3.31. The summed E-state index contributed by atoms with van der Waals surface area (Å²) in [6, 6.07) is 0. The molecule has 0 aliphatic heterocycles. The minimum absolute atomic E-state index is 0.345. The predicted molar refractivity (Wildman–Crippen MR) is 45.9 cm³/mol. The summed E-state index contributed by atoms with van der Waals surface area (Å²) in [5.41, 5.74) is 0.815. The van der Waals surface area contributed by atoms with Crippen molar-refractivity contribution in [3.8, 4) is 0 Å². The highest BCUT2D eigenvalue weighted by Crippen LogP contribution is 2.24. The van der Waals surface area contributed by atoms with Gasteiger partial charge in [0, 0.05) is 0 Å². The van der Waals surface area contributed by atoms with Crippen molar-refractivity contribution in [3.63, 3.8) is 0 Å². The summed E-state index contributed by atoms with van der Waals surface area (Å²) in [5, 5.41) is 0. The number of rotatable bonds is 1. The lowest BCUT2D eigenvalue weighted by Gasteiger charge is -1.93. The van der Waals surface area contributed by atoms with Crippen LogP contribution in [0, 0.1) is 6.92 Å². The van der Waals surface area contributed by atoms with Crippen LogP contribution in [0.15, 0.2) is 4.47 Å². The summed E-state index contributed by atoms with van der Waals surface area (Å²) < 4.78 is 9.24. The molecule has 0 aromatic carbocycles. The minimum Gasteiger partial charge on any atom is -0.465 e. The third kappa shape index (κ3) is 1.59. The van der Waals surface area contributed by atoms with E-state index in [0.717, 1.165) is 21.7 Å². The van der Waals surface area contributed by atoms with Gasteiger partial charge in [-0.2, -0.15) is 4.37 Å². The lowest BCUT2D eigenvalue weighted by molar-refractivity contribution is 0.0605. The number of ether oxygens (including phenoxy) is 1. The van der Waals surface area contributed by atoms with Crippen LogP contribution in [0.2, 0.25) is 0 Å². The Labute approximate surface area is 76.7 Å². The van der Waals surface area contributed by atoms with Crippen molar-refractivity contribution in [1.82, 2.24) is 4.37 Å². The number of carbonyl (C=O) groups is 1. The second-order valence-corrected chi connectivity index (χ2v) is 3.47. The van der Waals surface area contributed by atoms with Gasteiger partial charge in [-0.05, 0) is 34.4 Å². The first-order valence-electron chi connectivity index (χ1n) is 2.87. The number of halogens is 1. The van der Waals surface area contributed by atoms with Gasteiger partial charge in [0.1, 0.15) is 4.88 Å². The second kappa shape index (κ2) is 3.32. The molecule has 0 amide bonds. The van der Waals surface area contributed by atoms with Crippen molar-refractivity contribution in [2.75, 3.05) is 7.11 Å². The van der Waals surface area contributed by atoms with Crippen LogP contribution in [0.5, 0.6) is 0 Å². The van der Waals surface area contributed by atoms with Crippen molar-refractivity contribution < 1.29 is 9.53 Å². The van der Waals surface area contributed by atoms with Crippen molar-refractivity contribution in [3.05, 3.63) is 15.0 Å². The van der Waals surface area contributed by atoms with Gasteiger partial charge in [0.15, 0.2) is 0 Å². The molecule has 0 saturated heterocycles. The van der Waals surface area contributed by atoms with E-state index in [1.165, 1.54) is 7.11 Å². The number of hydrogen-bond acceptors (Lipinski definition) is 4. The maximum absolute atomic E-state index is 11.0. The molecule has 0 N–H and O–H groups in total. The zero-order valence-corrected chi connectivity index (χ0v) is 8.45. The molecule has 0 atom stereocenters. The topological polar surface area (TPSA) is 39.2 Å². The highest BCUT2D eigenvalue weighted by molar-refractivity contribution is 9.10. The molecule has 0 fully saturated rings. The largest absolute Gasteiger partial charge is 0.465 e. The number of esters is 1. The summed E-state index contributed by atoms with van der Waals surface area (Å²) in [7, 11) is 1.35. The highest BCUT2D eigenvalue weighted by atomic mass is 79.9. The molecular formula is C6H6BrNO2S. The molecule has 11 heavy (non-hydrogen) atoms. The fourth-order valence-corrected chi connectivity index (χ4v) is 1.87. The molecule has 0 saturated carbocycles. The van der Waals surface area contributed by atoms with Gasteiger partial charge in [-0.15, -0.1) is 0 Å². The van der Waals surface area contributed by atoms with Crippen LogP contribution in [0.4, 0.5) is 0 Å². The van der Waals surface area contributed by atoms with E-state index in [4.69, 9.17) is 0 Å². The second-order valence-electron chi connectivity index (χ2n) is 1.90. The molecule has 0 radical (unpaired) electrons. The van der Waals surface area contributed by atoms with E-state index in [1.54, 1.807) is 0 Å². The molecule has 0 aliphatic rings. The van der Waals surface area contributed by atoms with Crippen LogP contribution in [-0.2, 0) is 4.74 Å². The van der Waals surface area contributed by atoms with Gasteiger partial charge in [0.2, 0.25) is 0 Å². The maximum Gasteiger partial charge on any atom is 0.350 e. The van der Waals surface area contributed by atoms with Gasteiger partial charge in [-0.3, -0.25) is 0 Å². The maximum atomic E-state index is 11.0. The van der Waals surface area contributed by atoms with Gasteiger partial charge in [-0.25, -0.2) is 4.79 Å². The smallest absolute Gasteiger partial charge is 0.350 e. The van der Waals surface area contributed by atoms with Crippen molar-refractivity contribution in [2.24, 2.45) is 0 Å². The first-order chi connectivity index (χ1) is 5.16. The van der Waals surface area contributed by atoms with Crippen molar-refractivity contribution >= 4 is 33.4 Å². The first kappa shape index (κ1) is 8.67. The van der Waals surface area contributed by atoms with E-state index in [1.807, 2.05) is 6.92 Å².